The summed E-state index contributed by atoms with van der Waals surface area (Å²) in [7, 11) is 0. The molecule has 0 saturated heterocycles. The first-order valence-corrected chi connectivity index (χ1v) is 8.85. The zero-order valence-corrected chi connectivity index (χ0v) is 15.8. The summed E-state index contributed by atoms with van der Waals surface area (Å²) in [5.41, 5.74) is 3.48. The Bertz CT molecular complexity index is 823. The minimum Gasteiger partial charge on any atom is -0.326 e. The SMILES string of the molecule is CCN(C#N)C(=O)C(Cc1ccccc1)NC(=O)Nc1c(C)cccc1C. The Morgan fingerprint density at radius 3 is 2.26 bits per heavy atom. The quantitative estimate of drug-likeness (QED) is 0.609. The Kier molecular flexibility index (Phi) is 6.95. The van der Waals surface area contributed by atoms with Crippen LogP contribution in [0.1, 0.15) is 23.6 Å². The first-order chi connectivity index (χ1) is 13.0. The molecule has 0 heterocycles. The Morgan fingerprint density at radius 2 is 1.70 bits per heavy atom. The molecule has 1 atom stereocenters. The predicted molar refractivity (Wildman–Crippen MR) is 105 cm³/mol. The standard InChI is InChI=1S/C21H24N4O2/c1-4-25(14-22)20(26)18(13-17-11-6-5-7-12-17)23-21(27)24-19-15(2)9-8-10-16(19)3/h5-12,18H,4,13H2,1-3H3,(H2,23,24,27). The normalized spacial score (nSPS) is 11.2. The van der Waals surface area contributed by atoms with Gasteiger partial charge in [0.2, 0.25) is 0 Å². The van der Waals surface area contributed by atoms with E-state index in [1.807, 2.05) is 68.6 Å². The van der Waals surface area contributed by atoms with E-state index in [2.05, 4.69) is 10.6 Å². The predicted octanol–water partition coefficient (Wildman–Crippen LogP) is 3.37. The maximum Gasteiger partial charge on any atom is 0.319 e. The molecule has 0 spiro atoms. The van der Waals surface area contributed by atoms with E-state index < -0.39 is 18.0 Å². The number of urea groups is 1. The van der Waals surface area contributed by atoms with E-state index in [1.54, 1.807) is 6.92 Å². The lowest BCUT2D eigenvalue weighted by Crippen LogP contribution is -2.49. The molecule has 6 nitrogen and oxygen atoms in total. The maximum atomic E-state index is 12.7. The van der Waals surface area contributed by atoms with Gasteiger partial charge in [-0.3, -0.25) is 4.79 Å². The van der Waals surface area contributed by atoms with Crippen LogP contribution in [-0.2, 0) is 11.2 Å². The second kappa shape index (κ2) is 9.39. The number of rotatable bonds is 6. The van der Waals surface area contributed by atoms with Crippen molar-refractivity contribution >= 4 is 17.6 Å². The van der Waals surface area contributed by atoms with Gasteiger partial charge in [0, 0.05) is 18.7 Å². The van der Waals surface area contributed by atoms with Gasteiger partial charge in [0.15, 0.2) is 6.19 Å². The molecule has 0 fully saturated rings. The van der Waals surface area contributed by atoms with Crippen LogP contribution in [0.4, 0.5) is 10.5 Å². The highest BCUT2D eigenvalue weighted by molar-refractivity contribution is 5.95. The average molecular weight is 364 g/mol. The van der Waals surface area contributed by atoms with Crippen molar-refractivity contribution in [1.82, 2.24) is 10.2 Å². The fraction of sp³-hybridized carbons (Fsp3) is 0.286. The van der Waals surface area contributed by atoms with E-state index in [4.69, 9.17) is 0 Å². The van der Waals surface area contributed by atoms with E-state index in [1.165, 1.54) is 0 Å². The van der Waals surface area contributed by atoms with Gasteiger partial charge in [-0.05, 0) is 37.5 Å². The number of carbonyl (C=O) groups excluding carboxylic acids is 2. The van der Waals surface area contributed by atoms with Crippen LogP contribution >= 0.6 is 0 Å². The molecule has 6 heteroatoms. The number of nitrogens with zero attached hydrogens (tertiary/aromatic N) is 2. The van der Waals surface area contributed by atoms with Crippen molar-refractivity contribution in [1.29, 1.82) is 5.26 Å². The first kappa shape index (κ1) is 20.0. The number of hydrogen-bond acceptors (Lipinski definition) is 3. The molecule has 140 valence electrons. The maximum absolute atomic E-state index is 12.7. The van der Waals surface area contributed by atoms with Crippen LogP contribution in [0.15, 0.2) is 48.5 Å². The number of hydrogen-bond donors (Lipinski definition) is 2. The summed E-state index contributed by atoms with van der Waals surface area (Å²) >= 11 is 0. The molecule has 2 aromatic carbocycles. The van der Waals surface area contributed by atoms with Gasteiger partial charge in [-0.1, -0.05) is 48.5 Å². The highest BCUT2D eigenvalue weighted by Gasteiger charge is 2.26. The Labute approximate surface area is 159 Å². The van der Waals surface area contributed by atoms with E-state index in [9.17, 15) is 14.9 Å². The molecule has 1 unspecified atom stereocenters. The second-order valence-corrected chi connectivity index (χ2v) is 6.29. The third-order valence-electron chi connectivity index (χ3n) is 4.31. The lowest BCUT2D eigenvalue weighted by atomic mass is 10.0. The van der Waals surface area contributed by atoms with Crippen LogP contribution in [0, 0.1) is 25.3 Å². The Balaban J connectivity index is 2.19. The van der Waals surface area contributed by atoms with Gasteiger partial charge in [0.1, 0.15) is 6.04 Å². The van der Waals surface area contributed by atoms with Crippen molar-refractivity contribution < 1.29 is 9.59 Å². The number of amides is 3. The molecule has 0 aliphatic heterocycles. The van der Waals surface area contributed by atoms with Gasteiger partial charge in [-0.25, -0.2) is 9.69 Å². The van der Waals surface area contributed by atoms with Crippen molar-refractivity contribution in [2.24, 2.45) is 0 Å². The number of benzene rings is 2. The molecule has 0 radical (unpaired) electrons. The molecule has 0 bridgehead atoms. The third kappa shape index (κ3) is 5.32. The van der Waals surface area contributed by atoms with E-state index in [-0.39, 0.29) is 6.54 Å². The van der Waals surface area contributed by atoms with Gasteiger partial charge in [-0.15, -0.1) is 0 Å². The Hall–Kier alpha value is -3.33. The topological polar surface area (TPSA) is 85.2 Å². The van der Waals surface area contributed by atoms with Crippen LogP contribution < -0.4 is 10.6 Å². The Morgan fingerprint density at radius 1 is 1.07 bits per heavy atom. The summed E-state index contributed by atoms with van der Waals surface area (Å²) in [6.07, 6.45) is 2.17. The minimum absolute atomic E-state index is 0.251. The summed E-state index contributed by atoms with van der Waals surface area (Å²) in [6, 6.07) is 13.8. The molecule has 0 aromatic heterocycles. The van der Waals surface area contributed by atoms with Gasteiger partial charge in [-0.2, -0.15) is 5.26 Å². The molecule has 27 heavy (non-hydrogen) atoms. The lowest BCUT2D eigenvalue weighted by Gasteiger charge is -2.22. The number of carbonyl (C=O) groups is 2. The zero-order chi connectivity index (χ0) is 19.8. The van der Waals surface area contributed by atoms with Crippen molar-refractivity contribution in [2.45, 2.75) is 33.2 Å². The highest BCUT2D eigenvalue weighted by Crippen LogP contribution is 2.19. The number of likely N-dealkylation sites (N-methyl/N-ethyl adjacent to an activating group) is 1. The number of anilines is 1. The molecule has 2 aromatic rings. The monoisotopic (exact) mass is 364 g/mol. The average Bonchev–Trinajstić information content (AvgIpc) is 2.66. The van der Waals surface area contributed by atoms with Crippen LogP contribution in [0.2, 0.25) is 0 Å². The fourth-order valence-corrected chi connectivity index (χ4v) is 2.83. The summed E-state index contributed by atoms with van der Waals surface area (Å²) in [4.78, 5) is 26.3. The van der Waals surface area contributed by atoms with Crippen molar-refractivity contribution in [3.63, 3.8) is 0 Å². The summed E-state index contributed by atoms with van der Waals surface area (Å²) < 4.78 is 0. The van der Waals surface area contributed by atoms with Gasteiger partial charge < -0.3 is 10.6 Å². The molecule has 0 aliphatic rings. The lowest BCUT2D eigenvalue weighted by molar-refractivity contribution is -0.129. The van der Waals surface area contributed by atoms with Gasteiger partial charge in [0.05, 0.1) is 0 Å². The van der Waals surface area contributed by atoms with E-state index in [0.29, 0.717) is 12.1 Å². The van der Waals surface area contributed by atoms with E-state index in [0.717, 1.165) is 21.6 Å². The number of nitriles is 1. The molecule has 0 saturated carbocycles. The smallest absolute Gasteiger partial charge is 0.319 e. The van der Waals surface area contributed by atoms with E-state index >= 15 is 0 Å². The van der Waals surface area contributed by atoms with Crippen LogP contribution in [0.5, 0.6) is 0 Å². The fourth-order valence-electron chi connectivity index (χ4n) is 2.83. The summed E-state index contributed by atoms with van der Waals surface area (Å²) in [5, 5.41) is 14.7. The number of aryl methyl sites for hydroxylation is 2. The molecule has 2 N–H and O–H groups in total. The van der Waals surface area contributed by atoms with Crippen LogP contribution in [0.3, 0.4) is 0 Å². The van der Waals surface area contributed by atoms with Crippen LogP contribution in [-0.4, -0.2) is 29.4 Å². The van der Waals surface area contributed by atoms with Crippen LogP contribution in [0.25, 0.3) is 0 Å². The molecule has 3 amide bonds. The second-order valence-electron chi connectivity index (χ2n) is 6.29. The van der Waals surface area contributed by atoms with Crippen molar-refractivity contribution in [3.8, 4) is 6.19 Å². The summed E-state index contributed by atoms with van der Waals surface area (Å²) in [6.45, 7) is 5.78. The highest BCUT2D eigenvalue weighted by atomic mass is 16.2. The zero-order valence-electron chi connectivity index (χ0n) is 15.8. The molecular formula is C21H24N4O2. The number of para-hydroxylation sites is 1. The molecule has 0 aliphatic carbocycles. The first-order valence-electron chi connectivity index (χ1n) is 8.85. The third-order valence-corrected chi connectivity index (χ3v) is 4.31. The van der Waals surface area contributed by atoms with Gasteiger partial charge >= 0.3 is 6.03 Å². The molecule has 2 rings (SSSR count). The van der Waals surface area contributed by atoms with Gasteiger partial charge in [0.25, 0.3) is 5.91 Å². The minimum atomic E-state index is -0.837. The largest absolute Gasteiger partial charge is 0.326 e. The summed E-state index contributed by atoms with van der Waals surface area (Å²) in [5.74, 6) is -0.430. The van der Waals surface area contributed by atoms with Crippen molar-refractivity contribution in [2.75, 3.05) is 11.9 Å². The van der Waals surface area contributed by atoms with Crippen molar-refractivity contribution in [3.05, 3.63) is 65.2 Å². The molecular weight excluding hydrogens is 340 g/mol. The number of nitrogens with one attached hydrogen (secondary N) is 2.